The van der Waals surface area contributed by atoms with E-state index in [1.807, 2.05) is 30.3 Å². The van der Waals surface area contributed by atoms with Crippen molar-refractivity contribution in [1.82, 2.24) is 24.7 Å². The highest BCUT2D eigenvalue weighted by atomic mass is 16.6. The van der Waals surface area contributed by atoms with E-state index in [4.69, 9.17) is 18.7 Å². The zero-order valence-electron chi connectivity index (χ0n) is 19.3. The number of aliphatic hydroxyl groups is 2. The van der Waals surface area contributed by atoms with Gasteiger partial charge in [-0.25, -0.2) is 15.0 Å². The van der Waals surface area contributed by atoms with Gasteiger partial charge >= 0.3 is 0 Å². The fraction of sp³-hybridized carbons (Fsp3) is 0.417. The van der Waals surface area contributed by atoms with Crippen molar-refractivity contribution in [1.29, 1.82) is 0 Å². The first-order valence-corrected chi connectivity index (χ1v) is 11.8. The second kappa shape index (κ2) is 9.91. The minimum atomic E-state index is -1.19. The van der Waals surface area contributed by atoms with Crippen LogP contribution in [-0.2, 0) is 20.8 Å². The van der Waals surface area contributed by atoms with Gasteiger partial charge in [0.05, 0.1) is 25.6 Å². The molecule has 12 nitrogen and oxygen atoms in total. The van der Waals surface area contributed by atoms with Gasteiger partial charge in [0.25, 0.3) is 0 Å². The summed E-state index contributed by atoms with van der Waals surface area (Å²) >= 11 is 0. The maximum Gasteiger partial charge on any atom is 0.167 e. The zero-order valence-corrected chi connectivity index (χ0v) is 19.3. The monoisotopic (exact) mass is 494 g/mol. The number of anilines is 1. The highest BCUT2D eigenvalue weighted by Gasteiger charge is 2.44. The van der Waals surface area contributed by atoms with Gasteiger partial charge < -0.3 is 34.3 Å². The maximum absolute atomic E-state index is 10.7. The second-order valence-electron chi connectivity index (χ2n) is 8.86. The third-order valence-electron chi connectivity index (χ3n) is 6.40. The lowest BCUT2D eigenvalue weighted by atomic mass is 10.1. The van der Waals surface area contributed by atoms with Crippen LogP contribution in [0.3, 0.4) is 0 Å². The molecule has 0 bridgehead atoms. The van der Waals surface area contributed by atoms with Gasteiger partial charge in [-0.2, -0.15) is 0 Å². The third kappa shape index (κ3) is 4.45. The van der Waals surface area contributed by atoms with Crippen molar-refractivity contribution in [3.63, 3.8) is 0 Å². The topological polar surface area (TPSA) is 150 Å². The van der Waals surface area contributed by atoms with E-state index in [-0.39, 0.29) is 19.3 Å². The van der Waals surface area contributed by atoms with Gasteiger partial charge in [0.1, 0.15) is 36.9 Å². The number of rotatable bonds is 8. The van der Waals surface area contributed by atoms with Gasteiger partial charge in [0.15, 0.2) is 29.0 Å². The van der Waals surface area contributed by atoms with E-state index in [1.165, 1.54) is 12.7 Å². The third-order valence-corrected chi connectivity index (χ3v) is 6.40. The van der Waals surface area contributed by atoms with Crippen LogP contribution < -0.4 is 5.32 Å². The molecule has 3 N–H and O–H groups in total. The molecule has 1 aromatic carbocycles. The Balaban J connectivity index is 1.10. The summed E-state index contributed by atoms with van der Waals surface area (Å²) in [6.07, 6.45) is -0.151. The van der Waals surface area contributed by atoms with Crippen molar-refractivity contribution in [2.75, 3.05) is 25.1 Å². The summed E-state index contributed by atoms with van der Waals surface area (Å²) in [5, 5.41) is 28.7. The highest BCUT2D eigenvalue weighted by molar-refractivity contribution is 5.82. The molecule has 0 aliphatic carbocycles. The van der Waals surface area contributed by atoms with E-state index in [0.717, 1.165) is 12.0 Å². The quantitative estimate of drug-likeness (QED) is 0.327. The van der Waals surface area contributed by atoms with E-state index in [2.05, 4.69) is 25.4 Å². The molecule has 0 amide bonds. The van der Waals surface area contributed by atoms with Crippen LogP contribution in [0.5, 0.6) is 0 Å². The fourth-order valence-corrected chi connectivity index (χ4v) is 4.48. The largest absolute Gasteiger partial charge is 0.387 e. The van der Waals surface area contributed by atoms with E-state index in [9.17, 15) is 10.2 Å². The number of aromatic nitrogens is 5. The van der Waals surface area contributed by atoms with Crippen LogP contribution in [0.25, 0.3) is 22.4 Å². The number of nitrogens with one attached hydrogen (secondary N) is 1. The number of aliphatic hydroxyl groups excluding tert-OH is 2. The smallest absolute Gasteiger partial charge is 0.167 e. The summed E-state index contributed by atoms with van der Waals surface area (Å²) in [5.41, 5.74) is 2.69. The SMILES string of the molecule is O[C@@H]1[C@H](O)[C@H](n2cnc3c(NC4CCOC4)ncnc32)O[C@@H]1COCc1cc(-c2ccccc2)no1. The lowest BCUT2D eigenvalue weighted by Gasteiger charge is -2.17. The molecule has 0 radical (unpaired) electrons. The van der Waals surface area contributed by atoms with Gasteiger partial charge in [-0.15, -0.1) is 0 Å². The molecular formula is C24H26N6O6. The summed E-state index contributed by atoms with van der Waals surface area (Å²) in [6.45, 7) is 1.50. The summed E-state index contributed by atoms with van der Waals surface area (Å²) in [6, 6.07) is 11.6. The van der Waals surface area contributed by atoms with Crippen LogP contribution in [0.1, 0.15) is 18.4 Å². The van der Waals surface area contributed by atoms with Crippen LogP contribution >= 0.6 is 0 Å². The lowest BCUT2D eigenvalue weighted by molar-refractivity contribution is -0.0702. The van der Waals surface area contributed by atoms with Crippen molar-refractivity contribution in [3.8, 4) is 11.3 Å². The number of hydrogen-bond donors (Lipinski definition) is 3. The van der Waals surface area contributed by atoms with Gasteiger partial charge in [-0.1, -0.05) is 35.5 Å². The molecule has 6 rings (SSSR count). The Hall–Kier alpha value is -3.42. The average molecular weight is 495 g/mol. The van der Waals surface area contributed by atoms with Crippen LogP contribution in [-0.4, -0.2) is 79.1 Å². The first kappa shape index (κ1) is 23.0. The number of imidazole rings is 1. The Morgan fingerprint density at radius 1 is 1.11 bits per heavy atom. The molecule has 188 valence electrons. The number of fused-ring (bicyclic) bond motifs is 1. The molecule has 2 aliphatic heterocycles. The van der Waals surface area contributed by atoms with Crippen LogP contribution in [0.15, 0.2) is 53.6 Å². The summed E-state index contributed by atoms with van der Waals surface area (Å²) in [4.78, 5) is 13.1. The van der Waals surface area contributed by atoms with Gasteiger partial charge in [0.2, 0.25) is 0 Å². The van der Waals surface area contributed by atoms with E-state index >= 15 is 0 Å². The van der Waals surface area contributed by atoms with Crippen molar-refractivity contribution >= 4 is 17.0 Å². The Morgan fingerprint density at radius 3 is 2.83 bits per heavy atom. The normalized spacial score (nSPS) is 26.1. The average Bonchev–Trinajstić information content (AvgIpc) is 3.70. The van der Waals surface area contributed by atoms with Crippen molar-refractivity contribution in [3.05, 3.63) is 54.8 Å². The summed E-state index contributed by atoms with van der Waals surface area (Å²) < 4.78 is 24.1. The molecular weight excluding hydrogens is 468 g/mol. The highest BCUT2D eigenvalue weighted by Crippen LogP contribution is 2.33. The number of benzene rings is 1. The maximum atomic E-state index is 10.7. The van der Waals surface area contributed by atoms with Crippen molar-refractivity contribution in [2.24, 2.45) is 0 Å². The lowest BCUT2D eigenvalue weighted by Crippen LogP contribution is -2.33. The molecule has 36 heavy (non-hydrogen) atoms. The van der Waals surface area contributed by atoms with E-state index < -0.39 is 24.5 Å². The summed E-state index contributed by atoms with van der Waals surface area (Å²) in [5.74, 6) is 1.13. The first-order valence-electron chi connectivity index (χ1n) is 11.8. The molecule has 0 spiro atoms. The van der Waals surface area contributed by atoms with Gasteiger partial charge in [-0.3, -0.25) is 4.57 Å². The fourth-order valence-electron chi connectivity index (χ4n) is 4.48. The molecule has 2 fully saturated rings. The minimum Gasteiger partial charge on any atom is -0.387 e. The zero-order chi connectivity index (χ0) is 24.5. The van der Waals surface area contributed by atoms with Crippen molar-refractivity contribution in [2.45, 2.75) is 43.6 Å². The molecule has 0 saturated carbocycles. The predicted octanol–water partition coefficient (Wildman–Crippen LogP) is 1.52. The number of nitrogens with zero attached hydrogens (tertiary/aromatic N) is 5. The summed E-state index contributed by atoms with van der Waals surface area (Å²) in [7, 11) is 0. The van der Waals surface area contributed by atoms with Crippen molar-refractivity contribution < 1.29 is 28.9 Å². The number of hydrogen-bond acceptors (Lipinski definition) is 11. The van der Waals surface area contributed by atoms with Crippen LogP contribution in [0.2, 0.25) is 0 Å². The second-order valence-corrected chi connectivity index (χ2v) is 8.86. The molecule has 5 heterocycles. The predicted molar refractivity (Wildman–Crippen MR) is 126 cm³/mol. The van der Waals surface area contributed by atoms with Gasteiger partial charge in [-0.05, 0) is 6.42 Å². The van der Waals surface area contributed by atoms with E-state index in [0.29, 0.717) is 41.6 Å². The number of ether oxygens (including phenoxy) is 3. The van der Waals surface area contributed by atoms with E-state index in [1.54, 1.807) is 10.6 Å². The Kier molecular flexibility index (Phi) is 6.34. The Labute approximate surface area is 205 Å². The molecule has 5 atom stereocenters. The first-order chi connectivity index (χ1) is 17.7. The van der Waals surface area contributed by atoms with Crippen LogP contribution in [0.4, 0.5) is 5.82 Å². The van der Waals surface area contributed by atoms with Gasteiger partial charge in [0, 0.05) is 18.2 Å². The minimum absolute atomic E-state index is 0.0478. The molecule has 2 aliphatic rings. The molecule has 12 heteroatoms. The molecule has 4 aromatic rings. The molecule has 2 saturated heterocycles. The Bertz CT molecular complexity index is 1310. The standard InChI is InChI=1S/C24H26N6O6/c31-20-18(11-34-10-16-8-17(29-36-16)14-4-2-1-3-5-14)35-24(21(20)32)30-13-27-19-22(25-12-26-23(19)30)28-15-6-7-33-9-15/h1-5,8,12-13,15,18,20-21,24,31-32H,6-7,9-11H2,(H,25,26,28)/t15?,18-,20+,21+,24-/m1/s1. The Morgan fingerprint density at radius 2 is 2.00 bits per heavy atom. The molecule has 3 aromatic heterocycles. The van der Waals surface area contributed by atoms with Crippen LogP contribution in [0, 0.1) is 0 Å². The molecule has 1 unspecified atom stereocenters.